The van der Waals surface area contributed by atoms with E-state index in [9.17, 15) is 4.79 Å². The van der Waals surface area contributed by atoms with Gasteiger partial charge < -0.3 is 15.5 Å². The molecule has 1 unspecified atom stereocenters. The summed E-state index contributed by atoms with van der Waals surface area (Å²) in [6.45, 7) is 2.98. The van der Waals surface area contributed by atoms with E-state index in [0.717, 1.165) is 42.6 Å². The Hall–Kier alpha value is -2.53. The van der Waals surface area contributed by atoms with Crippen LogP contribution in [0.3, 0.4) is 0 Å². The summed E-state index contributed by atoms with van der Waals surface area (Å²) < 4.78 is 0. The average Bonchev–Trinajstić information content (AvgIpc) is 3.08. The van der Waals surface area contributed by atoms with Gasteiger partial charge in [0.15, 0.2) is 5.96 Å². The van der Waals surface area contributed by atoms with Crippen molar-refractivity contribution in [3.63, 3.8) is 0 Å². The number of halogens is 1. The van der Waals surface area contributed by atoms with E-state index in [0.29, 0.717) is 18.9 Å². The summed E-state index contributed by atoms with van der Waals surface area (Å²) in [4.78, 5) is 18.5. The summed E-state index contributed by atoms with van der Waals surface area (Å²) in [5.41, 5.74) is 2.40. The molecular formula is C22H27ClN4O. The van der Waals surface area contributed by atoms with Crippen LogP contribution in [0.2, 0.25) is 5.02 Å². The quantitative estimate of drug-likeness (QED) is 0.556. The van der Waals surface area contributed by atoms with Crippen LogP contribution >= 0.6 is 11.6 Å². The first-order chi connectivity index (χ1) is 13.6. The minimum absolute atomic E-state index is 0.242. The van der Waals surface area contributed by atoms with Crippen LogP contribution in [0.1, 0.15) is 17.5 Å². The van der Waals surface area contributed by atoms with Crippen molar-refractivity contribution in [2.45, 2.75) is 19.4 Å². The van der Waals surface area contributed by atoms with Gasteiger partial charge in [-0.15, -0.1) is 0 Å². The molecule has 1 amide bonds. The molecule has 148 valence electrons. The highest BCUT2D eigenvalue weighted by Crippen LogP contribution is 2.17. The first-order valence-corrected chi connectivity index (χ1v) is 10.0. The maximum absolute atomic E-state index is 12.3. The minimum Gasteiger partial charge on any atom is -0.356 e. The number of rotatable bonds is 7. The Balaban J connectivity index is 1.41. The zero-order chi connectivity index (χ0) is 19.8. The predicted molar refractivity (Wildman–Crippen MR) is 114 cm³/mol. The lowest BCUT2D eigenvalue weighted by atomic mass is 10.1. The van der Waals surface area contributed by atoms with Crippen molar-refractivity contribution in [3.8, 4) is 0 Å². The predicted octanol–water partition coefficient (Wildman–Crippen LogP) is 3.10. The van der Waals surface area contributed by atoms with Crippen molar-refractivity contribution in [2.75, 3.05) is 26.7 Å². The fraction of sp³-hybridized carbons (Fsp3) is 0.364. The lowest BCUT2D eigenvalue weighted by molar-refractivity contribution is -0.127. The van der Waals surface area contributed by atoms with E-state index >= 15 is 0 Å². The molecule has 5 nitrogen and oxygen atoms in total. The van der Waals surface area contributed by atoms with E-state index in [1.165, 1.54) is 5.56 Å². The number of guanidine groups is 1. The van der Waals surface area contributed by atoms with Gasteiger partial charge in [0.05, 0.1) is 0 Å². The van der Waals surface area contributed by atoms with Crippen LogP contribution < -0.4 is 10.6 Å². The van der Waals surface area contributed by atoms with E-state index in [-0.39, 0.29) is 5.91 Å². The van der Waals surface area contributed by atoms with Crippen molar-refractivity contribution in [1.29, 1.82) is 0 Å². The third-order valence-corrected chi connectivity index (χ3v) is 5.21. The maximum Gasteiger partial charge on any atom is 0.223 e. The average molecular weight is 399 g/mol. The van der Waals surface area contributed by atoms with Crippen LogP contribution in [0.25, 0.3) is 0 Å². The Kier molecular flexibility index (Phi) is 7.31. The number of carbonyl (C=O) groups is 1. The second-order valence-corrected chi connectivity index (χ2v) is 7.52. The number of likely N-dealkylation sites (tertiary alicyclic amines) is 1. The molecule has 0 radical (unpaired) electrons. The van der Waals surface area contributed by atoms with Gasteiger partial charge in [0.2, 0.25) is 5.91 Å². The first-order valence-electron chi connectivity index (χ1n) is 9.64. The summed E-state index contributed by atoms with van der Waals surface area (Å²) in [7, 11) is 1.75. The van der Waals surface area contributed by atoms with Gasteiger partial charge in [-0.05, 0) is 29.7 Å². The monoisotopic (exact) mass is 398 g/mol. The summed E-state index contributed by atoms with van der Waals surface area (Å²) in [6.07, 6.45) is 1.49. The van der Waals surface area contributed by atoms with Crippen LogP contribution in [0, 0.1) is 5.92 Å². The number of hydrogen-bond donors (Lipinski definition) is 2. The standard InChI is InChI=1S/C22H27ClN4O/c1-24-22(25-14-18-7-9-20(23)10-8-18)26-15-19-13-21(28)27(16-19)12-11-17-5-3-2-4-6-17/h2-10,19H,11-16H2,1H3,(H2,24,25,26). The summed E-state index contributed by atoms with van der Waals surface area (Å²) >= 11 is 5.92. The molecule has 1 saturated heterocycles. The van der Waals surface area contributed by atoms with E-state index in [1.54, 1.807) is 7.05 Å². The second kappa shape index (κ2) is 10.1. The highest BCUT2D eigenvalue weighted by atomic mass is 35.5. The molecule has 2 aromatic rings. The number of nitrogens with one attached hydrogen (secondary N) is 2. The second-order valence-electron chi connectivity index (χ2n) is 7.08. The number of hydrogen-bond acceptors (Lipinski definition) is 2. The molecule has 3 rings (SSSR count). The van der Waals surface area contributed by atoms with E-state index in [1.807, 2.05) is 47.4 Å². The number of aliphatic imine (C=N–C) groups is 1. The Bertz CT molecular complexity index is 792. The number of benzene rings is 2. The van der Waals surface area contributed by atoms with Gasteiger partial charge >= 0.3 is 0 Å². The molecule has 28 heavy (non-hydrogen) atoms. The topological polar surface area (TPSA) is 56.7 Å². The molecule has 6 heteroatoms. The molecule has 1 aliphatic rings. The molecule has 0 aliphatic carbocycles. The van der Waals surface area contributed by atoms with Gasteiger partial charge in [0, 0.05) is 50.6 Å². The van der Waals surface area contributed by atoms with E-state index in [4.69, 9.17) is 11.6 Å². The third kappa shape index (κ3) is 5.99. The Morgan fingerprint density at radius 3 is 2.57 bits per heavy atom. The van der Waals surface area contributed by atoms with Crippen molar-refractivity contribution < 1.29 is 4.79 Å². The zero-order valence-electron chi connectivity index (χ0n) is 16.2. The van der Waals surface area contributed by atoms with E-state index in [2.05, 4.69) is 27.8 Å². The highest BCUT2D eigenvalue weighted by Gasteiger charge is 2.29. The van der Waals surface area contributed by atoms with Crippen LogP contribution in [0.4, 0.5) is 0 Å². The Morgan fingerprint density at radius 1 is 1.11 bits per heavy atom. The zero-order valence-corrected chi connectivity index (χ0v) is 17.0. The molecule has 0 saturated carbocycles. The fourth-order valence-electron chi connectivity index (χ4n) is 3.37. The first kappa shape index (κ1) is 20.2. The minimum atomic E-state index is 0.242. The Labute approximate surface area is 171 Å². The van der Waals surface area contributed by atoms with Gasteiger partial charge in [0.1, 0.15) is 0 Å². The number of amides is 1. The molecule has 2 N–H and O–H groups in total. The van der Waals surface area contributed by atoms with Gasteiger partial charge in [0.25, 0.3) is 0 Å². The van der Waals surface area contributed by atoms with Crippen LogP contribution in [-0.2, 0) is 17.8 Å². The molecule has 1 aliphatic heterocycles. The van der Waals surface area contributed by atoms with E-state index < -0.39 is 0 Å². The van der Waals surface area contributed by atoms with Crippen molar-refractivity contribution in [1.82, 2.24) is 15.5 Å². The lowest BCUT2D eigenvalue weighted by Crippen LogP contribution is -2.40. The molecule has 0 spiro atoms. The Morgan fingerprint density at radius 2 is 1.86 bits per heavy atom. The molecule has 2 aromatic carbocycles. The number of nitrogens with zero attached hydrogens (tertiary/aromatic N) is 2. The van der Waals surface area contributed by atoms with Gasteiger partial charge in [-0.25, -0.2) is 0 Å². The molecule has 0 aromatic heterocycles. The molecule has 1 atom stereocenters. The lowest BCUT2D eigenvalue weighted by Gasteiger charge is -2.18. The number of carbonyl (C=O) groups excluding carboxylic acids is 1. The van der Waals surface area contributed by atoms with Crippen molar-refractivity contribution in [2.24, 2.45) is 10.9 Å². The van der Waals surface area contributed by atoms with Crippen LogP contribution in [0.5, 0.6) is 0 Å². The molecule has 0 bridgehead atoms. The van der Waals surface area contributed by atoms with Crippen LogP contribution in [0.15, 0.2) is 59.6 Å². The van der Waals surface area contributed by atoms with Crippen molar-refractivity contribution in [3.05, 3.63) is 70.7 Å². The highest BCUT2D eigenvalue weighted by molar-refractivity contribution is 6.30. The maximum atomic E-state index is 12.3. The van der Waals surface area contributed by atoms with Gasteiger partial charge in [-0.2, -0.15) is 0 Å². The van der Waals surface area contributed by atoms with Gasteiger partial charge in [-0.3, -0.25) is 9.79 Å². The SMILES string of the molecule is CN=C(NCc1ccc(Cl)cc1)NCC1CC(=O)N(CCc2ccccc2)C1. The normalized spacial score (nSPS) is 17.1. The smallest absolute Gasteiger partial charge is 0.223 e. The van der Waals surface area contributed by atoms with Crippen molar-refractivity contribution >= 4 is 23.5 Å². The summed E-state index contributed by atoms with van der Waals surface area (Å²) in [5, 5.41) is 7.37. The largest absolute Gasteiger partial charge is 0.356 e. The fourth-order valence-corrected chi connectivity index (χ4v) is 3.49. The summed E-state index contributed by atoms with van der Waals surface area (Å²) in [5.74, 6) is 1.29. The summed E-state index contributed by atoms with van der Waals surface area (Å²) in [6, 6.07) is 18.0. The third-order valence-electron chi connectivity index (χ3n) is 4.96. The van der Waals surface area contributed by atoms with Gasteiger partial charge in [-0.1, -0.05) is 54.1 Å². The molecule has 1 fully saturated rings. The molecule has 1 heterocycles. The molecular weight excluding hydrogens is 372 g/mol. The van der Waals surface area contributed by atoms with Crippen LogP contribution in [-0.4, -0.2) is 43.4 Å².